The van der Waals surface area contributed by atoms with Gasteiger partial charge in [0, 0.05) is 36.7 Å². The van der Waals surface area contributed by atoms with Crippen LogP contribution in [0, 0.1) is 17.2 Å². The van der Waals surface area contributed by atoms with E-state index in [1.807, 2.05) is 29.2 Å². The number of hydrogen-bond donors (Lipinski definition) is 0. The number of amides is 1. The zero-order chi connectivity index (χ0) is 15.8. The number of thiophene rings is 1. The number of anilines is 1. The third-order valence-electron chi connectivity index (χ3n) is 4.71. The third kappa shape index (κ3) is 2.60. The van der Waals surface area contributed by atoms with Gasteiger partial charge < -0.3 is 9.80 Å². The van der Waals surface area contributed by atoms with Crippen molar-refractivity contribution in [2.45, 2.75) is 13.0 Å². The van der Waals surface area contributed by atoms with Gasteiger partial charge in [-0.3, -0.25) is 4.79 Å². The molecule has 0 bridgehead atoms. The molecular formula is C18H17N3OS. The summed E-state index contributed by atoms with van der Waals surface area (Å²) >= 11 is 1.80. The summed E-state index contributed by atoms with van der Waals surface area (Å²) in [5, 5.41) is 11.0. The summed E-state index contributed by atoms with van der Waals surface area (Å²) in [5.74, 6) is 0.387. The Hall–Kier alpha value is -2.32. The number of fused-ring (bicyclic) bond motifs is 1. The zero-order valence-corrected chi connectivity index (χ0v) is 13.6. The predicted octanol–water partition coefficient (Wildman–Crippen LogP) is 2.64. The van der Waals surface area contributed by atoms with Gasteiger partial charge in [-0.2, -0.15) is 5.26 Å². The van der Waals surface area contributed by atoms with Crippen molar-refractivity contribution in [1.82, 2.24) is 4.90 Å². The molecule has 2 aromatic rings. The van der Waals surface area contributed by atoms with Crippen LogP contribution in [-0.4, -0.2) is 30.4 Å². The minimum absolute atomic E-state index is 0.103. The van der Waals surface area contributed by atoms with Crippen molar-refractivity contribution in [3.05, 3.63) is 51.7 Å². The highest BCUT2D eigenvalue weighted by Crippen LogP contribution is 2.29. The van der Waals surface area contributed by atoms with E-state index in [1.165, 1.54) is 10.4 Å². The Morgan fingerprint density at radius 3 is 2.74 bits per heavy atom. The molecule has 116 valence electrons. The van der Waals surface area contributed by atoms with Gasteiger partial charge in [0.25, 0.3) is 0 Å². The van der Waals surface area contributed by atoms with E-state index in [1.54, 1.807) is 11.3 Å². The predicted molar refractivity (Wildman–Crippen MR) is 90.3 cm³/mol. The summed E-state index contributed by atoms with van der Waals surface area (Å²) in [5.41, 5.74) is 3.08. The van der Waals surface area contributed by atoms with Crippen molar-refractivity contribution in [1.29, 1.82) is 5.26 Å². The van der Waals surface area contributed by atoms with E-state index in [-0.39, 0.29) is 11.8 Å². The highest BCUT2D eigenvalue weighted by atomic mass is 32.1. The van der Waals surface area contributed by atoms with Crippen LogP contribution >= 0.6 is 11.3 Å². The average molecular weight is 323 g/mol. The van der Waals surface area contributed by atoms with Gasteiger partial charge in [-0.1, -0.05) is 0 Å². The van der Waals surface area contributed by atoms with E-state index in [0.29, 0.717) is 5.56 Å². The third-order valence-corrected chi connectivity index (χ3v) is 5.73. The fourth-order valence-corrected chi connectivity index (χ4v) is 4.18. The fraction of sp³-hybridized carbons (Fsp3) is 0.333. The van der Waals surface area contributed by atoms with E-state index in [2.05, 4.69) is 22.4 Å². The molecule has 5 heteroatoms. The Kier molecular flexibility index (Phi) is 3.55. The molecule has 1 fully saturated rings. The van der Waals surface area contributed by atoms with Crippen molar-refractivity contribution in [2.24, 2.45) is 5.92 Å². The van der Waals surface area contributed by atoms with Gasteiger partial charge in [0.2, 0.25) is 5.91 Å². The van der Waals surface area contributed by atoms with Crippen LogP contribution in [0.25, 0.3) is 0 Å². The molecule has 1 amide bonds. The standard InChI is InChI=1S/C18H17N3OS/c19-9-13-1-3-16(4-2-13)21-11-15(12-21)18(22)20-7-5-17-14(10-20)6-8-23-17/h1-4,6,8,15H,5,7,10-12H2. The van der Waals surface area contributed by atoms with Crippen LogP contribution in [0.1, 0.15) is 16.0 Å². The number of hydrogen-bond acceptors (Lipinski definition) is 4. The van der Waals surface area contributed by atoms with Crippen LogP contribution < -0.4 is 4.90 Å². The zero-order valence-electron chi connectivity index (χ0n) is 12.7. The molecule has 0 aliphatic carbocycles. The number of benzene rings is 1. The lowest BCUT2D eigenvalue weighted by Crippen LogP contribution is -2.55. The molecule has 2 aliphatic heterocycles. The Morgan fingerprint density at radius 1 is 1.22 bits per heavy atom. The lowest BCUT2D eigenvalue weighted by molar-refractivity contribution is -0.137. The summed E-state index contributed by atoms with van der Waals surface area (Å²) in [6.45, 7) is 3.17. The first-order valence-electron chi connectivity index (χ1n) is 7.84. The summed E-state index contributed by atoms with van der Waals surface area (Å²) in [4.78, 5) is 18.3. The van der Waals surface area contributed by atoms with Crippen molar-refractivity contribution >= 4 is 22.9 Å². The van der Waals surface area contributed by atoms with Gasteiger partial charge in [0.05, 0.1) is 17.6 Å². The maximum absolute atomic E-state index is 12.6. The van der Waals surface area contributed by atoms with E-state index in [4.69, 9.17) is 5.26 Å². The molecule has 0 unspecified atom stereocenters. The van der Waals surface area contributed by atoms with Gasteiger partial charge in [-0.05, 0) is 47.7 Å². The molecule has 4 nitrogen and oxygen atoms in total. The lowest BCUT2D eigenvalue weighted by atomic mass is 9.96. The molecule has 1 aromatic heterocycles. The molecule has 0 N–H and O–H groups in total. The largest absolute Gasteiger partial charge is 0.370 e. The molecule has 1 aromatic carbocycles. The lowest BCUT2D eigenvalue weighted by Gasteiger charge is -2.42. The van der Waals surface area contributed by atoms with Crippen LogP contribution in [0.2, 0.25) is 0 Å². The molecule has 23 heavy (non-hydrogen) atoms. The molecule has 2 aliphatic rings. The van der Waals surface area contributed by atoms with Gasteiger partial charge in [-0.15, -0.1) is 11.3 Å². The summed E-state index contributed by atoms with van der Waals surface area (Å²) < 4.78 is 0. The monoisotopic (exact) mass is 323 g/mol. The maximum Gasteiger partial charge on any atom is 0.229 e. The summed E-state index contributed by atoms with van der Waals surface area (Å²) in [7, 11) is 0. The normalized spacial score (nSPS) is 17.3. The number of carbonyl (C=O) groups is 1. The van der Waals surface area contributed by atoms with Gasteiger partial charge in [0.1, 0.15) is 0 Å². The van der Waals surface area contributed by atoms with E-state index in [9.17, 15) is 4.79 Å². The van der Waals surface area contributed by atoms with Gasteiger partial charge in [-0.25, -0.2) is 0 Å². The smallest absolute Gasteiger partial charge is 0.229 e. The number of nitriles is 1. The maximum atomic E-state index is 12.6. The van der Waals surface area contributed by atoms with E-state index in [0.717, 1.165) is 38.3 Å². The van der Waals surface area contributed by atoms with Gasteiger partial charge in [0.15, 0.2) is 0 Å². The van der Waals surface area contributed by atoms with Crippen molar-refractivity contribution in [3.63, 3.8) is 0 Å². The quantitative estimate of drug-likeness (QED) is 0.853. The highest BCUT2D eigenvalue weighted by Gasteiger charge is 2.36. The molecule has 0 spiro atoms. The van der Waals surface area contributed by atoms with Crippen molar-refractivity contribution < 1.29 is 4.79 Å². The first-order chi connectivity index (χ1) is 11.2. The van der Waals surface area contributed by atoms with Crippen LogP contribution in [0.3, 0.4) is 0 Å². The molecule has 1 saturated heterocycles. The Labute approximate surface area is 139 Å². The Bertz CT molecular complexity index is 768. The van der Waals surface area contributed by atoms with Crippen LogP contribution in [0.4, 0.5) is 5.69 Å². The minimum Gasteiger partial charge on any atom is -0.370 e. The first kappa shape index (κ1) is 14.3. The average Bonchev–Trinajstić information content (AvgIpc) is 3.01. The van der Waals surface area contributed by atoms with Crippen molar-refractivity contribution in [2.75, 3.05) is 24.5 Å². The van der Waals surface area contributed by atoms with E-state index < -0.39 is 0 Å². The van der Waals surface area contributed by atoms with E-state index >= 15 is 0 Å². The second kappa shape index (κ2) is 5.71. The van der Waals surface area contributed by atoms with Crippen LogP contribution in [0.5, 0.6) is 0 Å². The molecular weight excluding hydrogens is 306 g/mol. The van der Waals surface area contributed by atoms with Gasteiger partial charge >= 0.3 is 0 Å². The second-order valence-corrected chi connectivity index (χ2v) is 7.14. The topological polar surface area (TPSA) is 47.3 Å². The molecule has 0 atom stereocenters. The Balaban J connectivity index is 1.36. The molecule has 4 rings (SSSR count). The summed E-state index contributed by atoms with van der Waals surface area (Å²) in [6.07, 6.45) is 0.991. The minimum atomic E-state index is 0.103. The van der Waals surface area contributed by atoms with Crippen LogP contribution in [0.15, 0.2) is 35.7 Å². The molecule has 3 heterocycles. The SMILES string of the molecule is N#Cc1ccc(N2CC(C(=O)N3CCc4sccc4C3)C2)cc1. The highest BCUT2D eigenvalue weighted by molar-refractivity contribution is 7.10. The number of nitrogens with zero attached hydrogens (tertiary/aromatic N) is 3. The second-order valence-electron chi connectivity index (χ2n) is 6.14. The van der Waals surface area contributed by atoms with Crippen molar-refractivity contribution in [3.8, 4) is 6.07 Å². The Morgan fingerprint density at radius 2 is 2.00 bits per heavy atom. The number of rotatable bonds is 2. The fourth-order valence-electron chi connectivity index (χ4n) is 3.29. The first-order valence-corrected chi connectivity index (χ1v) is 8.71. The summed E-state index contributed by atoms with van der Waals surface area (Å²) in [6, 6.07) is 11.8. The molecule has 0 saturated carbocycles. The van der Waals surface area contributed by atoms with Crippen LogP contribution in [-0.2, 0) is 17.8 Å². The number of carbonyl (C=O) groups excluding carboxylic acids is 1. The molecule has 0 radical (unpaired) electrons.